The molecule has 0 bridgehead atoms. The largest absolute Gasteiger partial charge is 0.481 e. The average molecular weight is 271 g/mol. The Labute approximate surface area is 112 Å². The Bertz CT molecular complexity index is 314. The molecular weight excluding hydrogens is 250 g/mol. The van der Waals surface area contributed by atoms with Crippen LogP contribution in [0.5, 0.6) is 0 Å². The summed E-state index contributed by atoms with van der Waals surface area (Å²) in [5.74, 6) is -1.34. The van der Waals surface area contributed by atoms with Crippen LogP contribution in [-0.2, 0) is 19.1 Å². The number of amides is 1. The standard InChI is InChI=1S/C13H21NO5/c1-2-13(18)19-10-6-9-14-11(15)7-4-3-5-8-12(16)17/h2H,1,3-10H2,(H,14,15)(H,16,17). The lowest BCUT2D eigenvalue weighted by atomic mass is 10.1. The number of unbranched alkanes of at least 4 members (excludes halogenated alkanes) is 2. The molecule has 0 saturated carbocycles. The van der Waals surface area contributed by atoms with Crippen molar-refractivity contribution < 1.29 is 24.2 Å². The van der Waals surface area contributed by atoms with E-state index in [0.29, 0.717) is 32.2 Å². The topological polar surface area (TPSA) is 92.7 Å². The Morgan fingerprint density at radius 1 is 1.11 bits per heavy atom. The maximum Gasteiger partial charge on any atom is 0.330 e. The van der Waals surface area contributed by atoms with Crippen LogP contribution in [0.15, 0.2) is 12.7 Å². The Balaban J connectivity index is 3.32. The Morgan fingerprint density at radius 3 is 2.42 bits per heavy atom. The highest BCUT2D eigenvalue weighted by molar-refractivity contribution is 5.81. The zero-order valence-corrected chi connectivity index (χ0v) is 11.0. The van der Waals surface area contributed by atoms with Crippen molar-refractivity contribution in [3.05, 3.63) is 12.7 Å². The van der Waals surface area contributed by atoms with Crippen LogP contribution in [0.3, 0.4) is 0 Å². The summed E-state index contributed by atoms with van der Waals surface area (Å²) in [5, 5.41) is 11.1. The normalized spacial score (nSPS) is 9.68. The molecule has 0 aromatic rings. The Hall–Kier alpha value is -1.85. The Kier molecular flexibility index (Phi) is 10.2. The lowest BCUT2D eigenvalue weighted by molar-refractivity contribution is -0.138. The SMILES string of the molecule is C=CC(=O)OCCCNC(=O)CCCCCC(=O)O. The summed E-state index contributed by atoms with van der Waals surface area (Å²) < 4.78 is 4.74. The first-order valence-electron chi connectivity index (χ1n) is 6.34. The molecule has 0 unspecified atom stereocenters. The van der Waals surface area contributed by atoms with Gasteiger partial charge in [-0.2, -0.15) is 0 Å². The number of esters is 1. The fraction of sp³-hybridized carbons (Fsp3) is 0.615. The molecule has 19 heavy (non-hydrogen) atoms. The summed E-state index contributed by atoms with van der Waals surface area (Å²) >= 11 is 0. The van der Waals surface area contributed by atoms with Crippen molar-refractivity contribution in [3.8, 4) is 0 Å². The van der Waals surface area contributed by atoms with Crippen molar-refractivity contribution in [2.24, 2.45) is 0 Å². The predicted molar refractivity (Wildman–Crippen MR) is 69.5 cm³/mol. The monoisotopic (exact) mass is 271 g/mol. The quantitative estimate of drug-likeness (QED) is 0.335. The molecule has 0 fully saturated rings. The molecule has 0 aliphatic heterocycles. The van der Waals surface area contributed by atoms with Gasteiger partial charge < -0.3 is 15.2 Å². The van der Waals surface area contributed by atoms with E-state index in [4.69, 9.17) is 9.84 Å². The van der Waals surface area contributed by atoms with Gasteiger partial charge in [0, 0.05) is 25.5 Å². The molecule has 1 amide bonds. The predicted octanol–water partition coefficient (Wildman–Crippen LogP) is 1.26. The van der Waals surface area contributed by atoms with Crippen LogP contribution in [0, 0.1) is 0 Å². The van der Waals surface area contributed by atoms with Crippen molar-refractivity contribution in [1.82, 2.24) is 5.32 Å². The summed E-state index contributed by atoms with van der Waals surface area (Å²) in [6.45, 7) is 3.98. The number of rotatable bonds is 11. The van der Waals surface area contributed by atoms with Crippen LogP contribution in [0.25, 0.3) is 0 Å². The molecule has 0 aliphatic carbocycles. The van der Waals surface area contributed by atoms with Crippen molar-refractivity contribution >= 4 is 17.8 Å². The van der Waals surface area contributed by atoms with E-state index < -0.39 is 11.9 Å². The number of nitrogens with one attached hydrogen (secondary N) is 1. The second kappa shape index (κ2) is 11.3. The number of carboxylic acid groups (broad SMARTS) is 1. The van der Waals surface area contributed by atoms with E-state index in [1.165, 1.54) is 0 Å². The molecule has 2 N–H and O–H groups in total. The summed E-state index contributed by atoms with van der Waals surface area (Å²) in [4.78, 5) is 32.3. The van der Waals surface area contributed by atoms with E-state index in [9.17, 15) is 14.4 Å². The van der Waals surface area contributed by atoms with E-state index in [-0.39, 0.29) is 18.9 Å². The van der Waals surface area contributed by atoms with Crippen molar-refractivity contribution in [2.45, 2.75) is 38.5 Å². The van der Waals surface area contributed by atoms with E-state index in [2.05, 4.69) is 11.9 Å². The highest BCUT2D eigenvalue weighted by atomic mass is 16.5. The highest BCUT2D eigenvalue weighted by Crippen LogP contribution is 2.02. The minimum Gasteiger partial charge on any atom is -0.481 e. The minimum absolute atomic E-state index is 0.0645. The van der Waals surface area contributed by atoms with Crippen LogP contribution < -0.4 is 5.32 Å². The van der Waals surface area contributed by atoms with Gasteiger partial charge in [0.05, 0.1) is 6.61 Å². The molecule has 0 heterocycles. The molecule has 0 atom stereocenters. The highest BCUT2D eigenvalue weighted by Gasteiger charge is 2.02. The van der Waals surface area contributed by atoms with Gasteiger partial charge in [-0.15, -0.1) is 0 Å². The molecule has 0 spiro atoms. The third-order valence-corrected chi connectivity index (χ3v) is 2.35. The van der Waals surface area contributed by atoms with Gasteiger partial charge in [-0.3, -0.25) is 9.59 Å². The zero-order valence-electron chi connectivity index (χ0n) is 11.0. The molecule has 108 valence electrons. The average Bonchev–Trinajstić information content (AvgIpc) is 2.37. The first kappa shape index (κ1) is 17.2. The summed E-state index contributed by atoms with van der Waals surface area (Å²) in [6, 6.07) is 0. The van der Waals surface area contributed by atoms with Crippen LogP contribution in [0.2, 0.25) is 0 Å². The smallest absolute Gasteiger partial charge is 0.330 e. The van der Waals surface area contributed by atoms with Gasteiger partial charge in [0.2, 0.25) is 5.91 Å². The fourth-order valence-corrected chi connectivity index (χ4v) is 1.36. The number of aliphatic carboxylic acids is 1. The van der Waals surface area contributed by atoms with E-state index >= 15 is 0 Å². The number of carboxylic acids is 1. The van der Waals surface area contributed by atoms with Crippen molar-refractivity contribution in [1.29, 1.82) is 0 Å². The maximum atomic E-state index is 11.3. The van der Waals surface area contributed by atoms with Gasteiger partial charge in [-0.05, 0) is 19.3 Å². The van der Waals surface area contributed by atoms with Gasteiger partial charge in [0.25, 0.3) is 0 Å². The van der Waals surface area contributed by atoms with Crippen molar-refractivity contribution in [2.75, 3.05) is 13.2 Å². The Morgan fingerprint density at radius 2 is 1.79 bits per heavy atom. The first-order chi connectivity index (χ1) is 9.06. The zero-order chi connectivity index (χ0) is 14.5. The second-order valence-electron chi connectivity index (χ2n) is 4.03. The lowest BCUT2D eigenvalue weighted by Gasteiger charge is -2.05. The lowest BCUT2D eigenvalue weighted by Crippen LogP contribution is -2.25. The number of ether oxygens (including phenoxy) is 1. The summed E-state index contributed by atoms with van der Waals surface area (Å²) in [7, 11) is 0. The number of hydrogen-bond acceptors (Lipinski definition) is 4. The second-order valence-corrected chi connectivity index (χ2v) is 4.03. The fourth-order valence-electron chi connectivity index (χ4n) is 1.36. The van der Waals surface area contributed by atoms with E-state index in [1.54, 1.807) is 0 Å². The van der Waals surface area contributed by atoms with Gasteiger partial charge in [0.15, 0.2) is 0 Å². The summed E-state index contributed by atoms with van der Waals surface area (Å²) in [5.41, 5.74) is 0. The third-order valence-electron chi connectivity index (χ3n) is 2.35. The molecule has 6 nitrogen and oxygen atoms in total. The number of hydrogen-bond donors (Lipinski definition) is 2. The van der Waals surface area contributed by atoms with Crippen molar-refractivity contribution in [3.63, 3.8) is 0 Å². The van der Waals surface area contributed by atoms with Gasteiger partial charge in [-0.1, -0.05) is 13.0 Å². The summed E-state index contributed by atoms with van der Waals surface area (Å²) in [6.07, 6.45) is 4.21. The van der Waals surface area contributed by atoms with Crippen LogP contribution in [0.4, 0.5) is 0 Å². The van der Waals surface area contributed by atoms with E-state index in [0.717, 1.165) is 12.5 Å². The van der Waals surface area contributed by atoms with Crippen LogP contribution >= 0.6 is 0 Å². The van der Waals surface area contributed by atoms with Gasteiger partial charge in [0.1, 0.15) is 0 Å². The molecule has 0 aromatic carbocycles. The molecular formula is C13H21NO5. The maximum absolute atomic E-state index is 11.3. The molecule has 0 aromatic heterocycles. The van der Waals surface area contributed by atoms with Gasteiger partial charge in [-0.25, -0.2) is 4.79 Å². The molecule has 6 heteroatoms. The van der Waals surface area contributed by atoms with Gasteiger partial charge >= 0.3 is 11.9 Å². The first-order valence-corrected chi connectivity index (χ1v) is 6.34. The molecule has 0 rings (SSSR count). The number of carbonyl (C=O) groups excluding carboxylic acids is 2. The molecule has 0 radical (unpaired) electrons. The van der Waals surface area contributed by atoms with E-state index in [1.807, 2.05) is 0 Å². The number of carbonyl (C=O) groups is 3. The molecule has 0 aliphatic rings. The van der Waals surface area contributed by atoms with Crippen LogP contribution in [0.1, 0.15) is 38.5 Å². The molecule has 0 saturated heterocycles. The van der Waals surface area contributed by atoms with Crippen LogP contribution in [-0.4, -0.2) is 36.1 Å². The third kappa shape index (κ3) is 12.4. The minimum atomic E-state index is -0.807.